The monoisotopic (exact) mass is 223 g/mol. The molecule has 1 aromatic heterocycles. The van der Waals surface area contributed by atoms with E-state index < -0.39 is 0 Å². The number of rotatable bonds is 3. The van der Waals surface area contributed by atoms with Gasteiger partial charge in [-0.3, -0.25) is 0 Å². The lowest BCUT2D eigenvalue weighted by Gasteiger charge is -2.20. The lowest BCUT2D eigenvalue weighted by atomic mass is 10.3. The molecule has 2 aromatic rings. The van der Waals surface area contributed by atoms with E-state index in [0.717, 1.165) is 0 Å². The zero-order valence-corrected chi connectivity index (χ0v) is 9.27. The second-order valence-corrected chi connectivity index (χ2v) is 3.78. The Morgan fingerprint density at radius 3 is 2.94 bits per heavy atom. The van der Waals surface area contributed by atoms with Gasteiger partial charge in [0.2, 0.25) is 0 Å². The molecule has 16 heavy (non-hydrogen) atoms. The van der Waals surface area contributed by atoms with E-state index in [1.165, 1.54) is 6.07 Å². The molecule has 0 saturated carbocycles. The van der Waals surface area contributed by atoms with Crippen molar-refractivity contribution in [3.63, 3.8) is 0 Å². The van der Waals surface area contributed by atoms with E-state index in [4.69, 9.17) is 10.2 Å². The molecule has 0 aliphatic heterocycles. The molecule has 2 N–H and O–H groups in total. The van der Waals surface area contributed by atoms with Crippen LogP contribution in [-0.4, -0.2) is 24.6 Å². The summed E-state index contributed by atoms with van der Waals surface area (Å²) in [5.74, 6) is -0.374. The maximum Gasteiger partial charge on any atom is 0.298 e. The van der Waals surface area contributed by atoms with Crippen LogP contribution in [0.4, 0.5) is 10.4 Å². The molecular formula is C11H14FN3O. The molecule has 0 aliphatic rings. The van der Waals surface area contributed by atoms with Crippen LogP contribution in [-0.2, 0) is 0 Å². The zero-order valence-electron chi connectivity index (χ0n) is 9.27. The zero-order chi connectivity index (χ0) is 11.7. The Morgan fingerprint density at radius 1 is 1.56 bits per heavy atom. The highest BCUT2D eigenvalue weighted by molar-refractivity contribution is 5.75. The van der Waals surface area contributed by atoms with Crippen LogP contribution in [0.2, 0.25) is 0 Å². The van der Waals surface area contributed by atoms with E-state index >= 15 is 0 Å². The Morgan fingerprint density at radius 2 is 2.31 bits per heavy atom. The molecule has 0 bridgehead atoms. The summed E-state index contributed by atoms with van der Waals surface area (Å²) in [6.07, 6.45) is 0. The third-order valence-corrected chi connectivity index (χ3v) is 2.66. The maximum absolute atomic E-state index is 13.4. The summed E-state index contributed by atoms with van der Waals surface area (Å²) in [6.45, 7) is 2.43. The van der Waals surface area contributed by atoms with Gasteiger partial charge in [-0.2, -0.15) is 4.98 Å². The average molecular weight is 223 g/mol. The summed E-state index contributed by atoms with van der Waals surface area (Å²) in [6, 6.07) is 5.13. The summed E-state index contributed by atoms with van der Waals surface area (Å²) in [5.41, 5.74) is 6.26. The molecule has 1 aromatic carbocycles. The molecule has 1 heterocycles. The minimum atomic E-state index is -0.374. The van der Waals surface area contributed by atoms with Crippen molar-refractivity contribution >= 4 is 17.1 Å². The van der Waals surface area contributed by atoms with Crippen LogP contribution in [0.1, 0.15) is 6.92 Å². The first-order valence-electron chi connectivity index (χ1n) is 5.11. The van der Waals surface area contributed by atoms with Crippen LogP contribution >= 0.6 is 0 Å². The van der Waals surface area contributed by atoms with E-state index in [1.807, 2.05) is 14.0 Å². The average Bonchev–Trinajstić information content (AvgIpc) is 2.72. The molecule has 2 rings (SSSR count). The highest BCUT2D eigenvalue weighted by Gasteiger charge is 2.16. The van der Waals surface area contributed by atoms with Crippen LogP contribution < -0.4 is 10.6 Å². The van der Waals surface area contributed by atoms with Crippen molar-refractivity contribution in [2.24, 2.45) is 5.73 Å². The SMILES string of the molecule is CC(CN)N(C)c1nc2c(F)cccc2o1. The number of aromatic nitrogens is 1. The second-order valence-electron chi connectivity index (χ2n) is 3.78. The van der Waals surface area contributed by atoms with E-state index in [9.17, 15) is 4.39 Å². The molecule has 86 valence electrons. The topological polar surface area (TPSA) is 55.3 Å². The number of halogens is 1. The first kappa shape index (κ1) is 10.9. The molecule has 1 atom stereocenters. The molecule has 4 nitrogen and oxygen atoms in total. The Hall–Kier alpha value is -1.62. The largest absolute Gasteiger partial charge is 0.423 e. The van der Waals surface area contributed by atoms with Gasteiger partial charge in [0.15, 0.2) is 11.4 Å². The second kappa shape index (κ2) is 4.09. The number of benzene rings is 1. The summed E-state index contributed by atoms with van der Waals surface area (Å²) in [7, 11) is 1.82. The molecule has 0 radical (unpaired) electrons. The van der Waals surface area contributed by atoms with Crippen LogP contribution in [0, 0.1) is 5.82 Å². The molecule has 0 saturated heterocycles. The van der Waals surface area contributed by atoms with Crippen molar-refractivity contribution < 1.29 is 8.81 Å². The first-order valence-corrected chi connectivity index (χ1v) is 5.11. The van der Waals surface area contributed by atoms with E-state index in [0.29, 0.717) is 18.1 Å². The standard InChI is InChI=1S/C11H14FN3O/c1-7(6-13)15(2)11-14-10-8(12)4-3-5-9(10)16-11/h3-5,7H,6,13H2,1-2H3. The number of oxazole rings is 1. The molecule has 1 unspecified atom stereocenters. The van der Waals surface area contributed by atoms with Crippen molar-refractivity contribution in [2.45, 2.75) is 13.0 Å². The third kappa shape index (κ3) is 1.74. The maximum atomic E-state index is 13.4. The normalized spacial score (nSPS) is 13.0. The molecule has 0 aliphatic carbocycles. The highest BCUT2D eigenvalue weighted by atomic mass is 19.1. The van der Waals surface area contributed by atoms with Crippen molar-refractivity contribution in [3.05, 3.63) is 24.0 Å². The number of hydrogen-bond acceptors (Lipinski definition) is 4. The summed E-state index contributed by atoms with van der Waals surface area (Å²) < 4.78 is 18.8. The molecule has 5 heteroatoms. The number of nitrogens with zero attached hydrogens (tertiary/aromatic N) is 2. The fourth-order valence-electron chi connectivity index (χ4n) is 1.40. The summed E-state index contributed by atoms with van der Waals surface area (Å²) >= 11 is 0. The van der Waals surface area contributed by atoms with Gasteiger partial charge in [-0.05, 0) is 19.1 Å². The Balaban J connectivity index is 2.43. The molecule has 0 spiro atoms. The van der Waals surface area contributed by atoms with E-state index in [1.54, 1.807) is 17.0 Å². The molecule has 0 fully saturated rings. The summed E-state index contributed by atoms with van der Waals surface area (Å²) in [5, 5.41) is 0. The Labute approximate surface area is 92.9 Å². The van der Waals surface area contributed by atoms with Gasteiger partial charge < -0.3 is 15.1 Å². The van der Waals surface area contributed by atoms with Crippen molar-refractivity contribution in [1.82, 2.24) is 4.98 Å². The smallest absolute Gasteiger partial charge is 0.298 e. The Kier molecular flexibility index (Phi) is 2.78. The van der Waals surface area contributed by atoms with Gasteiger partial charge in [0.1, 0.15) is 5.52 Å². The quantitative estimate of drug-likeness (QED) is 0.861. The minimum absolute atomic E-state index is 0.0936. The van der Waals surface area contributed by atoms with Crippen molar-refractivity contribution in [2.75, 3.05) is 18.5 Å². The molecular weight excluding hydrogens is 209 g/mol. The van der Waals surface area contributed by atoms with Crippen LogP contribution in [0.25, 0.3) is 11.1 Å². The third-order valence-electron chi connectivity index (χ3n) is 2.66. The van der Waals surface area contributed by atoms with Crippen molar-refractivity contribution in [1.29, 1.82) is 0 Å². The van der Waals surface area contributed by atoms with Gasteiger partial charge in [0, 0.05) is 19.6 Å². The van der Waals surface area contributed by atoms with Gasteiger partial charge in [-0.15, -0.1) is 0 Å². The lowest BCUT2D eigenvalue weighted by molar-refractivity contribution is 0.551. The van der Waals surface area contributed by atoms with Crippen LogP contribution in [0.15, 0.2) is 22.6 Å². The van der Waals surface area contributed by atoms with Crippen LogP contribution in [0.3, 0.4) is 0 Å². The Bertz CT molecular complexity index is 497. The number of nitrogens with two attached hydrogens (primary N) is 1. The predicted octanol–water partition coefficient (Wildman–Crippen LogP) is 1.75. The number of likely N-dealkylation sites (N-methyl/N-ethyl adjacent to an activating group) is 1. The number of anilines is 1. The van der Waals surface area contributed by atoms with Gasteiger partial charge in [-0.25, -0.2) is 4.39 Å². The van der Waals surface area contributed by atoms with Gasteiger partial charge >= 0.3 is 0 Å². The minimum Gasteiger partial charge on any atom is -0.423 e. The first-order chi connectivity index (χ1) is 7.63. The van der Waals surface area contributed by atoms with Gasteiger partial charge in [0.25, 0.3) is 6.01 Å². The van der Waals surface area contributed by atoms with Crippen molar-refractivity contribution in [3.8, 4) is 0 Å². The highest BCUT2D eigenvalue weighted by Crippen LogP contribution is 2.23. The summed E-state index contributed by atoms with van der Waals surface area (Å²) in [4.78, 5) is 5.90. The fraction of sp³-hybridized carbons (Fsp3) is 0.364. The lowest BCUT2D eigenvalue weighted by Crippen LogP contribution is -2.35. The number of fused-ring (bicyclic) bond motifs is 1. The number of hydrogen-bond donors (Lipinski definition) is 1. The van der Waals surface area contributed by atoms with Crippen LogP contribution in [0.5, 0.6) is 0 Å². The van der Waals surface area contributed by atoms with E-state index in [-0.39, 0.29) is 17.4 Å². The van der Waals surface area contributed by atoms with Gasteiger partial charge in [-0.1, -0.05) is 6.07 Å². The predicted molar refractivity (Wildman–Crippen MR) is 60.9 cm³/mol. The van der Waals surface area contributed by atoms with E-state index in [2.05, 4.69) is 4.98 Å². The van der Waals surface area contributed by atoms with Gasteiger partial charge in [0.05, 0.1) is 0 Å². The number of para-hydroxylation sites is 1. The molecule has 0 amide bonds. The fourth-order valence-corrected chi connectivity index (χ4v) is 1.40.